The summed E-state index contributed by atoms with van der Waals surface area (Å²) >= 11 is 10.9. The number of esters is 1. The van der Waals surface area contributed by atoms with Gasteiger partial charge in [-0.3, -0.25) is 9.36 Å². The predicted molar refractivity (Wildman–Crippen MR) is 161 cm³/mol. The number of carbonyl (C=O) groups is 1. The van der Waals surface area contributed by atoms with E-state index in [9.17, 15) is 9.59 Å². The maximum atomic E-state index is 13.9. The summed E-state index contributed by atoms with van der Waals surface area (Å²) in [6.45, 7) is 5.95. The lowest BCUT2D eigenvalue weighted by Crippen LogP contribution is -2.39. The van der Waals surface area contributed by atoms with Gasteiger partial charge in [-0.05, 0) is 78.7 Å². The first-order valence-electron chi connectivity index (χ1n) is 12.8. The Morgan fingerprint density at radius 1 is 1.15 bits per heavy atom. The van der Waals surface area contributed by atoms with Gasteiger partial charge in [0, 0.05) is 16.1 Å². The topological polar surface area (TPSA) is 92.3 Å². The lowest BCUT2D eigenvalue weighted by Gasteiger charge is -2.25. The lowest BCUT2D eigenvalue weighted by molar-refractivity contribution is -0.139. The van der Waals surface area contributed by atoms with Gasteiger partial charge in [-0.25, -0.2) is 9.79 Å². The van der Waals surface area contributed by atoms with E-state index in [0.29, 0.717) is 55.2 Å². The zero-order valence-electron chi connectivity index (χ0n) is 22.7. The van der Waals surface area contributed by atoms with Crippen LogP contribution in [0.4, 0.5) is 0 Å². The fourth-order valence-electron chi connectivity index (χ4n) is 4.60. The number of methoxy groups -OCH3 is 1. The Morgan fingerprint density at radius 3 is 2.66 bits per heavy atom. The molecule has 0 radical (unpaired) electrons. The number of ether oxygens (including phenoxy) is 3. The third kappa shape index (κ3) is 5.64. The van der Waals surface area contributed by atoms with Crippen molar-refractivity contribution >= 4 is 50.9 Å². The smallest absolute Gasteiger partial charge is 0.338 e. The molecule has 212 valence electrons. The van der Waals surface area contributed by atoms with Crippen molar-refractivity contribution in [3.8, 4) is 22.8 Å². The van der Waals surface area contributed by atoms with Crippen LogP contribution in [0.1, 0.15) is 38.1 Å². The minimum absolute atomic E-state index is 0.184. The van der Waals surface area contributed by atoms with Crippen molar-refractivity contribution in [2.45, 2.75) is 26.8 Å². The van der Waals surface area contributed by atoms with E-state index in [0.717, 1.165) is 10.0 Å². The number of fused-ring (bicyclic) bond motifs is 1. The quantitative estimate of drug-likeness (QED) is 0.220. The summed E-state index contributed by atoms with van der Waals surface area (Å²) in [7, 11) is 1.56. The molecule has 0 bridgehead atoms. The van der Waals surface area contributed by atoms with Crippen LogP contribution < -0.4 is 24.4 Å². The Morgan fingerprint density at radius 2 is 1.95 bits per heavy atom. The molecule has 1 aliphatic heterocycles. The first-order chi connectivity index (χ1) is 19.7. The van der Waals surface area contributed by atoms with E-state index in [1.807, 2.05) is 31.2 Å². The largest absolute Gasteiger partial charge is 0.493 e. The number of allylic oxidation sites excluding steroid dienone is 1. The highest BCUT2D eigenvalue weighted by atomic mass is 79.9. The van der Waals surface area contributed by atoms with E-state index in [1.54, 1.807) is 51.3 Å². The fourth-order valence-corrected chi connectivity index (χ4v) is 6.06. The summed E-state index contributed by atoms with van der Waals surface area (Å²) < 4.78 is 25.4. The molecule has 41 heavy (non-hydrogen) atoms. The van der Waals surface area contributed by atoms with Gasteiger partial charge in [0.1, 0.15) is 11.5 Å². The molecule has 2 aromatic heterocycles. The molecule has 3 heterocycles. The van der Waals surface area contributed by atoms with Crippen molar-refractivity contribution in [1.29, 1.82) is 0 Å². The van der Waals surface area contributed by atoms with Crippen LogP contribution in [0.5, 0.6) is 11.5 Å². The molecule has 0 unspecified atom stereocenters. The van der Waals surface area contributed by atoms with Crippen LogP contribution in [-0.4, -0.2) is 30.9 Å². The predicted octanol–water partition coefficient (Wildman–Crippen LogP) is 5.88. The Bertz CT molecular complexity index is 1850. The van der Waals surface area contributed by atoms with Crippen molar-refractivity contribution in [2.24, 2.45) is 4.99 Å². The number of thiazole rings is 1. The monoisotopic (exact) mass is 656 g/mol. The van der Waals surface area contributed by atoms with Gasteiger partial charge in [0.15, 0.2) is 16.3 Å². The lowest BCUT2D eigenvalue weighted by atomic mass is 9.95. The molecule has 0 saturated carbocycles. The molecule has 0 fully saturated rings. The number of hydrogen-bond donors (Lipinski definition) is 0. The Labute approximate surface area is 253 Å². The van der Waals surface area contributed by atoms with E-state index in [2.05, 4.69) is 20.9 Å². The van der Waals surface area contributed by atoms with Gasteiger partial charge in [-0.2, -0.15) is 0 Å². The maximum Gasteiger partial charge on any atom is 0.338 e. The summed E-state index contributed by atoms with van der Waals surface area (Å²) in [6, 6.07) is 13.7. The van der Waals surface area contributed by atoms with Gasteiger partial charge in [0.2, 0.25) is 0 Å². The number of aromatic nitrogens is 1. The molecule has 2 aromatic carbocycles. The van der Waals surface area contributed by atoms with E-state index in [1.165, 1.54) is 15.9 Å². The summed E-state index contributed by atoms with van der Waals surface area (Å²) in [4.78, 5) is 32.2. The minimum atomic E-state index is -0.783. The minimum Gasteiger partial charge on any atom is -0.493 e. The van der Waals surface area contributed by atoms with Gasteiger partial charge < -0.3 is 18.6 Å². The molecule has 0 amide bonds. The Kier molecular flexibility index (Phi) is 8.53. The summed E-state index contributed by atoms with van der Waals surface area (Å²) in [6.07, 6.45) is 1.67. The van der Waals surface area contributed by atoms with E-state index in [4.69, 9.17) is 30.2 Å². The molecule has 1 aliphatic rings. The Hall–Kier alpha value is -3.60. The van der Waals surface area contributed by atoms with Crippen molar-refractivity contribution in [2.75, 3.05) is 20.3 Å². The average Bonchev–Trinajstić information content (AvgIpc) is 3.54. The number of carbonyl (C=O) groups excluding carboxylic acids is 1. The molecule has 0 spiro atoms. The number of halogens is 2. The summed E-state index contributed by atoms with van der Waals surface area (Å²) in [5, 5.41) is 0.563. The normalized spacial score (nSPS) is 15.0. The molecule has 0 N–H and O–H groups in total. The Balaban J connectivity index is 1.65. The number of furan rings is 1. The van der Waals surface area contributed by atoms with Gasteiger partial charge in [0.05, 0.1) is 47.2 Å². The van der Waals surface area contributed by atoms with Gasteiger partial charge >= 0.3 is 5.97 Å². The number of rotatable bonds is 8. The number of hydrogen-bond acceptors (Lipinski definition) is 8. The summed E-state index contributed by atoms with van der Waals surface area (Å²) in [5.74, 6) is 1.61. The standard InChI is InChI=1S/C30H26BrClN2O6S/c1-5-38-24-14-18(8-11-23(24)37-4)27-26(29(36)39-6-2)16(3)33-30-34(27)28(35)25(41-30)15-19-9-12-22(40-19)17-7-10-20(31)21(32)13-17/h7-15,27H,5-6H2,1-4H3/b25-15-/t27-/m0/s1. The third-order valence-corrected chi connectivity index (χ3v) is 8.64. The molecular formula is C30H26BrClN2O6S. The number of nitrogens with zero attached hydrogens (tertiary/aromatic N) is 2. The molecule has 4 aromatic rings. The maximum absolute atomic E-state index is 13.9. The average molecular weight is 658 g/mol. The highest BCUT2D eigenvalue weighted by Crippen LogP contribution is 2.36. The zero-order chi connectivity index (χ0) is 29.3. The van der Waals surface area contributed by atoms with Crippen molar-refractivity contribution in [1.82, 2.24) is 4.57 Å². The molecule has 5 rings (SSSR count). The first kappa shape index (κ1) is 28.9. The van der Waals surface area contributed by atoms with Crippen molar-refractivity contribution in [3.05, 3.63) is 100 Å². The van der Waals surface area contributed by atoms with E-state index < -0.39 is 12.0 Å². The van der Waals surface area contributed by atoms with Crippen molar-refractivity contribution in [3.63, 3.8) is 0 Å². The second-order valence-corrected chi connectivity index (χ2v) is 11.2. The molecule has 1 atom stereocenters. The fraction of sp³-hybridized carbons (Fsp3) is 0.233. The van der Waals surface area contributed by atoms with Crippen LogP contribution >= 0.6 is 38.9 Å². The third-order valence-electron chi connectivity index (χ3n) is 6.42. The second kappa shape index (κ2) is 12.1. The van der Waals surface area contributed by atoms with Gasteiger partial charge in [0.25, 0.3) is 5.56 Å². The van der Waals surface area contributed by atoms with E-state index >= 15 is 0 Å². The highest BCUT2D eigenvalue weighted by molar-refractivity contribution is 9.10. The summed E-state index contributed by atoms with van der Waals surface area (Å²) in [5.41, 5.74) is 1.91. The van der Waals surface area contributed by atoms with Crippen LogP contribution in [0.2, 0.25) is 5.02 Å². The van der Waals surface area contributed by atoms with Gasteiger partial charge in [-0.15, -0.1) is 0 Å². The van der Waals surface area contributed by atoms with Crippen LogP contribution in [-0.2, 0) is 9.53 Å². The van der Waals surface area contributed by atoms with Crippen LogP contribution in [0.25, 0.3) is 17.4 Å². The second-order valence-electron chi connectivity index (χ2n) is 8.98. The molecule has 8 nitrogen and oxygen atoms in total. The van der Waals surface area contributed by atoms with Crippen LogP contribution in [0.3, 0.4) is 0 Å². The number of benzene rings is 2. The van der Waals surface area contributed by atoms with E-state index in [-0.39, 0.29) is 17.7 Å². The molecular weight excluding hydrogens is 632 g/mol. The highest BCUT2D eigenvalue weighted by Gasteiger charge is 2.34. The molecule has 11 heteroatoms. The van der Waals surface area contributed by atoms with Gasteiger partial charge in [-0.1, -0.05) is 35.1 Å². The first-order valence-corrected chi connectivity index (χ1v) is 14.8. The van der Waals surface area contributed by atoms with Crippen LogP contribution in [0, 0.1) is 0 Å². The van der Waals surface area contributed by atoms with Crippen molar-refractivity contribution < 1.29 is 23.4 Å². The molecule has 0 saturated heterocycles. The SMILES string of the molecule is CCOC(=O)C1=C(C)N=c2s/c(=C\c3ccc(-c4ccc(Br)c(Cl)c4)o3)c(=O)n2[C@H]1c1ccc(OC)c(OCC)c1. The zero-order valence-corrected chi connectivity index (χ0v) is 25.9. The van der Waals surface area contributed by atoms with Crippen LogP contribution in [0.15, 0.2) is 78.5 Å². The molecule has 0 aliphatic carbocycles.